The molecule has 1 N–H and O–H groups in total. The Hall–Kier alpha value is -1.61. The standard InChI is InChI=1S/C13H17N3/c1-10-4-5-13(11(2)8-10)16-7-6-12(15-16)9-14-3/h4-8,14H,9H2,1-3H3. The Morgan fingerprint density at radius 3 is 2.75 bits per heavy atom. The van der Waals surface area contributed by atoms with Crippen LogP contribution in [0.5, 0.6) is 0 Å². The van der Waals surface area contributed by atoms with Crippen molar-refractivity contribution < 1.29 is 0 Å². The molecule has 0 unspecified atom stereocenters. The molecule has 1 heterocycles. The average Bonchev–Trinajstić information content (AvgIpc) is 2.67. The zero-order valence-electron chi connectivity index (χ0n) is 9.99. The first-order chi connectivity index (χ1) is 7.70. The zero-order valence-corrected chi connectivity index (χ0v) is 9.99. The summed E-state index contributed by atoms with van der Waals surface area (Å²) in [5.74, 6) is 0. The predicted molar refractivity (Wildman–Crippen MR) is 65.8 cm³/mol. The molecule has 0 atom stereocenters. The van der Waals surface area contributed by atoms with Gasteiger partial charge in [0.2, 0.25) is 0 Å². The summed E-state index contributed by atoms with van der Waals surface area (Å²) in [6.45, 7) is 5.02. The van der Waals surface area contributed by atoms with Gasteiger partial charge in [0, 0.05) is 12.7 Å². The van der Waals surface area contributed by atoms with E-state index in [0.29, 0.717) is 0 Å². The molecule has 0 aliphatic rings. The SMILES string of the molecule is CNCc1ccn(-c2ccc(C)cc2C)n1. The van der Waals surface area contributed by atoms with Crippen molar-refractivity contribution in [3.63, 3.8) is 0 Å². The second kappa shape index (κ2) is 4.49. The van der Waals surface area contributed by atoms with Gasteiger partial charge in [0.25, 0.3) is 0 Å². The molecule has 0 saturated heterocycles. The van der Waals surface area contributed by atoms with Crippen molar-refractivity contribution in [1.29, 1.82) is 0 Å². The Morgan fingerprint density at radius 1 is 1.25 bits per heavy atom. The number of nitrogens with zero attached hydrogens (tertiary/aromatic N) is 2. The molecule has 0 aliphatic heterocycles. The van der Waals surface area contributed by atoms with E-state index in [0.717, 1.165) is 17.9 Å². The van der Waals surface area contributed by atoms with Crippen LogP contribution in [0.1, 0.15) is 16.8 Å². The molecule has 1 aromatic heterocycles. The molecule has 0 amide bonds. The van der Waals surface area contributed by atoms with E-state index in [1.807, 2.05) is 24.0 Å². The lowest BCUT2D eigenvalue weighted by Gasteiger charge is -2.06. The first-order valence-electron chi connectivity index (χ1n) is 5.47. The Labute approximate surface area is 96.1 Å². The summed E-state index contributed by atoms with van der Waals surface area (Å²) >= 11 is 0. The van der Waals surface area contributed by atoms with Crippen LogP contribution in [0.4, 0.5) is 0 Å². The number of benzene rings is 1. The maximum atomic E-state index is 4.51. The van der Waals surface area contributed by atoms with E-state index in [1.165, 1.54) is 11.1 Å². The normalized spacial score (nSPS) is 10.7. The lowest BCUT2D eigenvalue weighted by Crippen LogP contribution is -2.06. The van der Waals surface area contributed by atoms with Gasteiger partial charge in [-0.15, -0.1) is 0 Å². The summed E-state index contributed by atoms with van der Waals surface area (Å²) in [6, 6.07) is 8.44. The van der Waals surface area contributed by atoms with Crippen LogP contribution in [0.2, 0.25) is 0 Å². The van der Waals surface area contributed by atoms with Crippen LogP contribution in [-0.2, 0) is 6.54 Å². The Morgan fingerprint density at radius 2 is 2.06 bits per heavy atom. The molecule has 0 fully saturated rings. The minimum Gasteiger partial charge on any atom is -0.314 e. The summed E-state index contributed by atoms with van der Waals surface area (Å²) in [6.07, 6.45) is 2.00. The minimum absolute atomic E-state index is 0.803. The molecule has 3 nitrogen and oxygen atoms in total. The van der Waals surface area contributed by atoms with Crippen LogP contribution < -0.4 is 5.32 Å². The van der Waals surface area contributed by atoms with Crippen LogP contribution >= 0.6 is 0 Å². The van der Waals surface area contributed by atoms with E-state index >= 15 is 0 Å². The molecular weight excluding hydrogens is 198 g/mol. The van der Waals surface area contributed by atoms with Gasteiger partial charge in [0.15, 0.2) is 0 Å². The van der Waals surface area contributed by atoms with Crippen molar-refractivity contribution >= 4 is 0 Å². The number of hydrogen-bond acceptors (Lipinski definition) is 2. The second-order valence-corrected chi connectivity index (χ2v) is 4.07. The first-order valence-corrected chi connectivity index (χ1v) is 5.47. The molecule has 0 spiro atoms. The average molecular weight is 215 g/mol. The zero-order chi connectivity index (χ0) is 11.5. The molecule has 16 heavy (non-hydrogen) atoms. The predicted octanol–water partition coefficient (Wildman–Crippen LogP) is 2.21. The fourth-order valence-corrected chi connectivity index (χ4v) is 1.83. The number of aryl methyl sites for hydroxylation is 2. The molecule has 0 saturated carbocycles. The fraction of sp³-hybridized carbons (Fsp3) is 0.308. The van der Waals surface area contributed by atoms with Gasteiger partial charge in [0.1, 0.15) is 0 Å². The van der Waals surface area contributed by atoms with E-state index < -0.39 is 0 Å². The van der Waals surface area contributed by atoms with Crippen molar-refractivity contribution in [3.8, 4) is 5.69 Å². The first kappa shape index (κ1) is 10.9. The Balaban J connectivity index is 2.35. The van der Waals surface area contributed by atoms with Gasteiger partial charge in [0.05, 0.1) is 11.4 Å². The molecule has 0 radical (unpaired) electrons. The third-order valence-corrected chi connectivity index (χ3v) is 2.60. The van der Waals surface area contributed by atoms with E-state index in [1.54, 1.807) is 0 Å². The van der Waals surface area contributed by atoms with Gasteiger partial charge in [-0.1, -0.05) is 17.7 Å². The monoisotopic (exact) mass is 215 g/mol. The Bertz CT molecular complexity index is 486. The number of nitrogens with one attached hydrogen (secondary N) is 1. The molecule has 3 heteroatoms. The van der Waals surface area contributed by atoms with Gasteiger partial charge in [-0.05, 0) is 38.6 Å². The van der Waals surface area contributed by atoms with Crippen LogP contribution in [0.25, 0.3) is 5.69 Å². The van der Waals surface area contributed by atoms with Gasteiger partial charge >= 0.3 is 0 Å². The highest BCUT2D eigenvalue weighted by atomic mass is 15.3. The van der Waals surface area contributed by atoms with E-state index in [-0.39, 0.29) is 0 Å². The van der Waals surface area contributed by atoms with Crippen molar-refractivity contribution in [1.82, 2.24) is 15.1 Å². The van der Waals surface area contributed by atoms with Crippen LogP contribution in [-0.4, -0.2) is 16.8 Å². The van der Waals surface area contributed by atoms with Crippen molar-refractivity contribution in [2.24, 2.45) is 0 Å². The fourth-order valence-electron chi connectivity index (χ4n) is 1.83. The van der Waals surface area contributed by atoms with Gasteiger partial charge in [-0.3, -0.25) is 0 Å². The van der Waals surface area contributed by atoms with E-state index in [9.17, 15) is 0 Å². The van der Waals surface area contributed by atoms with Crippen LogP contribution in [0.3, 0.4) is 0 Å². The van der Waals surface area contributed by atoms with Crippen LogP contribution in [0, 0.1) is 13.8 Å². The van der Waals surface area contributed by atoms with Crippen molar-refractivity contribution in [3.05, 3.63) is 47.3 Å². The molecular formula is C13H17N3. The van der Waals surface area contributed by atoms with Crippen LogP contribution in [0.15, 0.2) is 30.5 Å². The lowest BCUT2D eigenvalue weighted by molar-refractivity contribution is 0.755. The largest absolute Gasteiger partial charge is 0.314 e. The molecule has 0 bridgehead atoms. The maximum absolute atomic E-state index is 4.51. The Kier molecular flexibility index (Phi) is 3.06. The molecule has 2 aromatic rings. The summed E-state index contributed by atoms with van der Waals surface area (Å²) < 4.78 is 1.93. The number of rotatable bonds is 3. The topological polar surface area (TPSA) is 29.9 Å². The highest BCUT2D eigenvalue weighted by Crippen LogP contribution is 2.15. The van der Waals surface area contributed by atoms with Crippen molar-refractivity contribution in [2.45, 2.75) is 20.4 Å². The minimum atomic E-state index is 0.803. The molecule has 2 rings (SSSR count). The highest BCUT2D eigenvalue weighted by molar-refractivity contribution is 5.41. The smallest absolute Gasteiger partial charge is 0.0766 e. The second-order valence-electron chi connectivity index (χ2n) is 4.07. The van der Waals surface area contributed by atoms with Crippen molar-refractivity contribution in [2.75, 3.05) is 7.05 Å². The van der Waals surface area contributed by atoms with Gasteiger partial charge in [-0.2, -0.15) is 5.10 Å². The summed E-state index contributed by atoms with van der Waals surface area (Å²) in [5.41, 5.74) is 4.73. The molecule has 84 valence electrons. The molecule has 0 aliphatic carbocycles. The number of aromatic nitrogens is 2. The lowest BCUT2D eigenvalue weighted by atomic mass is 10.1. The quantitative estimate of drug-likeness (QED) is 0.850. The third kappa shape index (κ3) is 2.14. The third-order valence-electron chi connectivity index (χ3n) is 2.60. The summed E-state index contributed by atoms with van der Waals surface area (Å²) in [4.78, 5) is 0. The van der Waals surface area contributed by atoms with Gasteiger partial charge < -0.3 is 5.32 Å². The maximum Gasteiger partial charge on any atom is 0.0766 e. The number of hydrogen-bond donors (Lipinski definition) is 1. The van der Waals surface area contributed by atoms with E-state index in [4.69, 9.17) is 0 Å². The summed E-state index contributed by atoms with van der Waals surface area (Å²) in [7, 11) is 1.93. The van der Waals surface area contributed by atoms with E-state index in [2.05, 4.69) is 42.5 Å². The summed E-state index contributed by atoms with van der Waals surface area (Å²) in [5, 5.41) is 7.61. The molecule has 1 aromatic carbocycles. The highest BCUT2D eigenvalue weighted by Gasteiger charge is 2.03. The van der Waals surface area contributed by atoms with Gasteiger partial charge in [-0.25, -0.2) is 4.68 Å².